The van der Waals surface area contributed by atoms with Crippen molar-refractivity contribution in [1.82, 2.24) is 15.5 Å². The Hall–Kier alpha value is -2.65. The number of hydrogen-bond acceptors (Lipinski definition) is 5. The van der Waals surface area contributed by atoms with Gasteiger partial charge in [0.2, 0.25) is 23.6 Å². The van der Waals surface area contributed by atoms with Gasteiger partial charge in [-0.2, -0.15) is 0 Å². The monoisotopic (exact) mass is 588 g/mol. The third kappa shape index (κ3) is 7.84. The second-order valence-electron chi connectivity index (χ2n) is 13.8. The van der Waals surface area contributed by atoms with Crippen LogP contribution in [0.3, 0.4) is 0 Å². The number of rotatable bonds is 11. The van der Waals surface area contributed by atoms with Crippen molar-refractivity contribution in [2.45, 2.75) is 141 Å². The van der Waals surface area contributed by atoms with Crippen LogP contribution >= 0.6 is 0 Å². The first-order valence-electron chi connectivity index (χ1n) is 16.5. The minimum Gasteiger partial charge on any atom is -0.481 e. The SMILES string of the molecule is CC(C)C[C@H](NC(=O)C1CC2CCCCC2N1C(=O)[C@H](CC1CCCCC1)NC(=O)[C@@H]1CCCC[C@H]1C(=O)O)C(N)=O. The molecule has 10 heteroatoms. The molecule has 1 aliphatic heterocycles. The molecule has 5 N–H and O–H groups in total. The molecule has 7 atom stereocenters. The van der Waals surface area contributed by atoms with Gasteiger partial charge in [0.1, 0.15) is 18.1 Å². The lowest BCUT2D eigenvalue weighted by Gasteiger charge is -2.38. The summed E-state index contributed by atoms with van der Waals surface area (Å²) in [6.07, 6.45) is 13.1. The topological polar surface area (TPSA) is 159 Å². The summed E-state index contributed by atoms with van der Waals surface area (Å²) < 4.78 is 0. The zero-order valence-corrected chi connectivity index (χ0v) is 25.5. The molecule has 0 bridgehead atoms. The lowest BCUT2D eigenvalue weighted by Crippen LogP contribution is -2.59. The fraction of sp³-hybridized carbons (Fsp3) is 0.844. The molecule has 0 radical (unpaired) electrons. The maximum atomic E-state index is 14.5. The zero-order valence-electron chi connectivity index (χ0n) is 25.5. The van der Waals surface area contributed by atoms with Gasteiger partial charge in [0.25, 0.3) is 0 Å². The summed E-state index contributed by atoms with van der Waals surface area (Å²) in [6, 6.07) is -2.44. The van der Waals surface area contributed by atoms with Crippen LogP contribution in [-0.4, -0.2) is 63.8 Å². The molecule has 3 unspecified atom stereocenters. The second kappa shape index (κ2) is 14.7. The van der Waals surface area contributed by atoms with Crippen molar-refractivity contribution in [1.29, 1.82) is 0 Å². The number of nitrogens with zero attached hydrogens (tertiary/aromatic N) is 1. The Morgan fingerprint density at radius 3 is 2.02 bits per heavy atom. The Kier molecular flexibility index (Phi) is 11.3. The van der Waals surface area contributed by atoms with E-state index in [0.717, 1.165) is 64.2 Å². The number of carbonyl (C=O) groups excluding carboxylic acids is 4. The molecule has 10 nitrogen and oxygen atoms in total. The number of amides is 4. The van der Waals surface area contributed by atoms with Gasteiger partial charge in [0.05, 0.1) is 11.8 Å². The van der Waals surface area contributed by atoms with Crippen LogP contribution in [0.25, 0.3) is 0 Å². The van der Waals surface area contributed by atoms with Crippen molar-refractivity contribution in [2.24, 2.45) is 35.3 Å². The van der Waals surface area contributed by atoms with E-state index in [1.807, 2.05) is 13.8 Å². The lowest BCUT2D eigenvalue weighted by atomic mass is 9.78. The van der Waals surface area contributed by atoms with Crippen molar-refractivity contribution < 1.29 is 29.1 Å². The van der Waals surface area contributed by atoms with E-state index in [4.69, 9.17) is 5.73 Å². The molecule has 3 saturated carbocycles. The van der Waals surface area contributed by atoms with Gasteiger partial charge in [-0.15, -0.1) is 0 Å². The summed E-state index contributed by atoms with van der Waals surface area (Å²) in [7, 11) is 0. The van der Waals surface area contributed by atoms with Crippen LogP contribution in [0.4, 0.5) is 0 Å². The van der Waals surface area contributed by atoms with Crippen LogP contribution in [-0.2, 0) is 24.0 Å². The first kappa shape index (κ1) is 32.3. The summed E-state index contributed by atoms with van der Waals surface area (Å²) >= 11 is 0. The number of nitrogens with two attached hydrogens (primary N) is 1. The Balaban J connectivity index is 1.59. The molecule has 0 spiro atoms. The molecule has 0 aromatic carbocycles. The van der Waals surface area contributed by atoms with E-state index >= 15 is 0 Å². The largest absolute Gasteiger partial charge is 0.481 e. The number of fused-ring (bicyclic) bond motifs is 1. The van der Waals surface area contributed by atoms with E-state index in [2.05, 4.69) is 10.6 Å². The zero-order chi connectivity index (χ0) is 30.4. The van der Waals surface area contributed by atoms with Crippen molar-refractivity contribution in [3.05, 3.63) is 0 Å². The number of carbonyl (C=O) groups is 5. The minimum atomic E-state index is -0.961. The highest BCUT2D eigenvalue weighted by Crippen LogP contribution is 2.41. The molecule has 236 valence electrons. The fourth-order valence-electron chi connectivity index (χ4n) is 8.17. The standard InChI is InChI=1S/C32H52N4O6/c1-19(2)16-24(28(33)37)34-30(39)27-18-21-12-6-9-15-26(21)36(27)31(40)25(17-20-10-4-3-5-11-20)35-29(38)22-13-7-8-14-23(22)32(41)42/h19-27H,3-18H2,1-2H3,(H2,33,37)(H,34,39)(H,35,38)(H,41,42)/t21?,22-,23-,24+,25+,26?,27?/m1/s1. The molecule has 3 aliphatic carbocycles. The van der Waals surface area contributed by atoms with Gasteiger partial charge >= 0.3 is 5.97 Å². The lowest BCUT2D eigenvalue weighted by molar-refractivity contribution is -0.150. The number of carboxylic acid groups (broad SMARTS) is 1. The number of hydrogen-bond donors (Lipinski definition) is 4. The first-order chi connectivity index (χ1) is 20.1. The summed E-state index contributed by atoms with van der Waals surface area (Å²) in [5.41, 5.74) is 5.63. The van der Waals surface area contributed by atoms with Crippen LogP contribution in [0.1, 0.15) is 117 Å². The van der Waals surface area contributed by atoms with Gasteiger partial charge in [-0.05, 0) is 62.7 Å². The first-order valence-corrected chi connectivity index (χ1v) is 16.5. The molecule has 1 heterocycles. The highest BCUT2D eigenvalue weighted by Gasteiger charge is 2.50. The Morgan fingerprint density at radius 2 is 1.38 bits per heavy atom. The third-order valence-electron chi connectivity index (χ3n) is 10.3. The van der Waals surface area contributed by atoms with Gasteiger partial charge in [-0.1, -0.05) is 71.6 Å². The van der Waals surface area contributed by atoms with Gasteiger partial charge in [0.15, 0.2) is 0 Å². The van der Waals surface area contributed by atoms with Gasteiger partial charge in [0, 0.05) is 6.04 Å². The summed E-state index contributed by atoms with van der Waals surface area (Å²) in [5, 5.41) is 15.7. The van der Waals surface area contributed by atoms with Crippen molar-refractivity contribution in [2.75, 3.05) is 0 Å². The average Bonchev–Trinajstić information content (AvgIpc) is 3.36. The quantitative estimate of drug-likeness (QED) is 0.289. The van der Waals surface area contributed by atoms with Crippen LogP contribution in [0.5, 0.6) is 0 Å². The van der Waals surface area contributed by atoms with E-state index in [1.165, 1.54) is 6.42 Å². The summed E-state index contributed by atoms with van der Waals surface area (Å²) in [6.45, 7) is 3.92. The Labute approximate surface area is 250 Å². The van der Waals surface area contributed by atoms with Crippen molar-refractivity contribution >= 4 is 29.6 Å². The van der Waals surface area contributed by atoms with Gasteiger partial charge in [-0.25, -0.2) is 0 Å². The molecule has 0 aromatic rings. The Bertz CT molecular complexity index is 995. The maximum absolute atomic E-state index is 14.5. The Morgan fingerprint density at radius 1 is 0.786 bits per heavy atom. The second-order valence-corrected chi connectivity index (χ2v) is 13.8. The molecule has 0 aromatic heterocycles. The van der Waals surface area contributed by atoms with Crippen molar-refractivity contribution in [3.8, 4) is 0 Å². The molecular formula is C32H52N4O6. The summed E-state index contributed by atoms with van der Waals surface area (Å²) in [5.74, 6) is -3.29. The molecule has 1 saturated heterocycles. The molecule has 4 fully saturated rings. The number of nitrogens with one attached hydrogen (secondary N) is 2. The van der Waals surface area contributed by atoms with E-state index in [9.17, 15) is 29.1 Å². The third-order valence-corrected chi connectivity index (χ3v) is 10.3. The molecule has 42 heavy (non-hydrogen) atoms. The molecule has 4 aliphatic rings. The van der Waals surface area contributed by atoms with E-state index < -0.39 is 41.8 Å². The van der Waals surface area contributed by atoms with Gasteiger partial charge < -0.3 is 26.4 Å². The normalized spacial score (nSPS) is 29.8. The number of carboxylic acids is 1. The molecule has 4 rings (SSSR count). The summed E-state index contributed by atoms with van der Waals surface area (Å²) in [4.78, 5) is 67.8. The smallest absolute Gasteiger partial charge is 0.307 e. The van der Waals surface area contributed by atoms with Crippen LogP contribution < -0.4 is 16.4 Å². The predicted octanol–water partition coefficient (Wildman–Crippen LogP) is 3.51. The van der Waals surface area contributed by atoms with E-state index in [0.29, 0.717) is 32.1 Å². The number of likely N-dealkylation sites (tertiary alicyclic amines) is 1. The maximum Gasteiger partial charge on any atom is 0.307 e. The number of primary amides is 1. The van der Waals surface area contributed by atoms with Crippen LogP contribution in [0, 0.1) is 29.6 Å². The number of aliphatic carboxylic acids is 1. The minimum absolute atomic E-state index is 0.0914. The molecule has 4 amide bonds. The van der Waals surface area contributed by atoms with E-state index in [-0.39, 0.29) is 41.5 Å². The van der Waals surface area contributed by atoms with Crippen LogP contribution in [0.15, 0.2) is 0 Å². The highest BCUT2D eigenvalue weighted by atomic mass is 16.4. The average molecular weight is 589 g/mol. The predicted molar refractivity (Wildman–Crippen MR) is 158 cm³/mol. The van der Waals surface area contributed by atoms with Crippen LogP contribution in [0.2, 0.25) is 0 Å². The highest BCUT2D eigenvalue weighted by molar-refractivity contribution is 5.95. The fourth-order valence-corrected chi connectivity index (χ4v) is 8.17. The van der Waals surface area contributed by atoms with Gasteiger partial charge in [-0.3, -0.25) is 24.0 Å². The van der Waals surface area contributed by atoms with E-state index in [1.54, 1.807) is 4.90 Å². The van der Waals surface area contributed by atoms with Crippen molar-refractivity contribution in [3.63, 3.8) is 0 Å². The molecular weight excluding hydrogens is 536 g/mol.